The molecule has 0 radical (unpaired) electrons. The molecule has 5 nitrogen and oxygen atoms in total. The lowest BCUT2D eigenvalue weighted by molar-refractivity contribution is -0.133. The molecule has 1 aromatic carbocycles. The Labute approximate surface area is 185 Å². The fourth-order valence-electron chi connectivity index (χ4n) is 3.49. The summed E-state index contributed by atoms with van der Waals surface area (Å²) in [6, 6.07) is 10.1. The van der Waals surface area contributed by atoms with E-state index in [1.54, 1.807) is 11.3 Å². The quantitative estimate of drug-likeness (QED) is 0.648. The first-order valence-electron chi connectivity index (χ1n) is 10.0. The standard InChI is InChI=1S/C22H28BrN3O2S/c1-16-5-3-7-19(17(16)2)24-21(27)15-25-11-13-26(14-12-25)22(28)8-4-6-18-9-10-20(23)29-18/h3,5,7,9-10H,4,6,8,11-15H2,1-2H3,(H,24,27). The third kappa shape index (κ3) is 6.39. The van der Waals surface area contributed by atoms with Crippen LogP contribution in [0.1, 0.15) is 28.8 Å². The van der Waals surface area contributed by atoms with Gasteiger partial charge < -0.3 is 10.2 Å². The van der Waals surface area contributed by atoms with Crippen LogP contribution in [0, 0.1) is 13.8 Å². The van der Waals surface area contributed by atoms with Gasteiger partial charge in [0, 0.05) is 43.2 Å². The van der Waals surface area contributed by atoms with Crippen LogP contribution in [-0.4, -0.2) is 54.3 Å². The number of nitrogens with zero attached hydrogens (tertiary/aromatic N) is 2. The number of nitrogens with one attached hydrogen (secondary N) is 1. The van der Waals surface area contributed by atoms with E-state index in [4.69, 9.17) is 0 Å². The summed E-state index contributed by atoms with van der Waals surface area (Å²) in [6.45, 7) is 7.30. The molecule has 1 N–H and O–H groups in total. The van der Waals surface area contributed by atoms with Crippen molar-refractivity contribution in [2.24, 2.45) is 0 Å². The van der Waals surface area contributed by atoms with E-state index < -0.39 is 0 Å². The highest BCUT2D eigenvalue weighted by molar-refractivity contribution is 9.11. The number of thiophene rings is 1. The first-order chi connectivity index (χ1) is 13.9. The Balaban J connectivity index is 1.37. The van der Waals surface area contributed by atoms with E-state index in [0.29, 0.717) is 26.1 Å². The number of hydrogen-bond donors (Lipinski definition) is 1. The molecule has 0 bridgehead atoms. The third-order valence-electron chi connectivity index (χ3n) is 5.41. The highest BCUT2D eigenvalue weighted by Crippen LogP contribution is 2.23. The molecular weight excluding hydrogens is 450 g/mol. The van der Waals surface area contributed by atoms with Crippen molar-refractivity contribution in [3.05, 3.63) is 50.1 Å². The largest absolute Gasteiger partial charge is 0.340 e. The van der Waals surface area contributed by atoms with Crippen LogP contribution in [0.3, 0.4) is 0 Å². The topological polar surface area (TPSA) is 52.7 Å². The normalized spacial score (nSPS) is 14.8. The fourth-order valence-corrected chi connectivity index (χ4v) is 5.02. The first kappa shape index (κ1) is 22.0. The lowest BCUT2D eigenvalue weighted by atomic mass is 10.1. The van der Waals surface area contributed by atoms with Gasteiger partial charge in [-0.05, 0) is 71.9 Å². The predicted octanol–water partition coefficient (Wildman–Crippen LogP) is 4.23. The highest BCUT2D eigenvalue weighted by Gasteiger charge is 2.22. The van der Waals surface area contributed by atoms with Gasteiger partial charge in [-0.1, -0.05) is 12.1 Å². The molecule has 0 aliphatic carbocycles. The van der Waals surface area contributed by atoms with E-state index in [9.17, 15) is 9.59 Å². The molecule has 2 amide bonds. The van der Waals surface area contributed by atoms with Crippen molar-refractivity contribution in [3.63, 3.8) is 0 Å². The minimum atomic E-state index is 0.000542. The number of rotatable bonds is 7. The number of anilines is 1. The second kappa shape index (κ2) is 10.4. The number of hydrogen-bond acceptors (Lipinski definition) is 4. The van der Waals surface area contributed by atoms with E-state index in [2.05, 4.69) is 38.3 Å². The average molecular weight is 478 g/mol. The molecule has 0 spiro atoms. The van der Waals surface area contributed by atoms with Gasteiger partial charge in [0.2, 0.25) is 11.8 Å². The van der Waals surface area contributed by atoms with Crippen molar-refractivity contribution in [2.75, 3.05) is 38.0 Å². The molecule has 1 aliphatic rings. The summed E-state index contributed by atoms with van der Waals surface area (Å²) in [7, 11) is 0. The molecule has 1 aromatic heterocycles. The third-order valence-corrected chi connectivity index (χ3v) is 7.10. The molecule has 0 unspecified atom stereocenters. The summed E-state index contributed by atoms with van der Waals surface area (Å²) >= 11 is 5.20. The van der Waals surface area contributed by atoms with Crippen LogP contribution in [0.15, 0.2) is 34.1 Å². The van der Waals surface area contributed by atoms with E-state index >= 15 is 0 Å². The van der Waals surface area contributed by atoms with E-state index in [1.165, 1.54) is 10.4 Å². The molecule has 7 heteroatoms. The maximum atomic E-state index is 12.5. The Morgan fingerprint density at radius 3 is 2.55 bits per heavy atom. The second-order valence-electron chi connectivity index (χ2n) is 7.51. The zero-order valence-corrected chi connectivity index (χ0v) is 19.4. The lowest BCUT2D eigenvalue weighted by Crippen LogP contribution is -2.50. The molecule has 1 fully saturated rings. The van der Waals surface area contributed by atoms with Crippen molar-refractivity contribution in [3.8, 4) is 0 Å². The fraction of sp³-hybridized carbons (Fsp3) is 0.455. The maximum absolute atomic E-state index is 12.5. The molecule has 2 aromatic rings. The molecule has 0 saturated carbocycles. The minimum absolute atomic E-state index is 0.000542. The summed E-state index contributed by atoms with van der Waals surface area (Å²) in [6.07, 6.45) is 2.41. The second-order valence-corrected chi connectivity index (χ2v) is 10.1. The maximum Gasteiger partial charge on any atom is 0.238 e. The lowest BCUT2D eigenvalue weighted by Gasteiger charge is -2.34. The van der Waals surface area contributed by atoms with Crippen molar-refractivity contribution in [2.45, 2.75) is 33.1 Å². The number of aryl methyl sites for hydroxylation is 2. The molecular formula is C22H28BrN3O2S. The van der Waals surface area contributed by atoms with Crippen LogP contribution >= 0.6 is 27.3 Å². The number of halogens is 1. The smallest absolute Gasteiger partial charge is 0.238 e. The van der Waals surface area contributed by atoms with Gasteiger partial charge in [0.25, 0.3) is 0 Å². The van der Waals surface area contributed by atoms with Crippen LogP contribution < -0.4 is 5.32 Å². The highest BCUT2D eigenvalue weighted by atomic mass is 79.9. The van der Waals surface area contributed by atoms with Crippen LogP contribution in [0.25, 0.3) is 0 Å². The van der Waals surface area contributed by atoms with Crippen molar-refractivity contribution < 1.29 is 9.59 Å². The molecule has 1 saturated heterocycles. The first-order valence-corrected chi connectivity index (χ1v) is 11.6. The zero-order valence-electron chi connectivity index (χ0n) is 17.0. The Kier molecular flexibility index (Phi) is 7.86. The number of piperazine rings is 1. The Morgan fingerprint density at radius 1 is 1.10 bits per heavy atom. The van der Waals surface area contributed by atoms with Crippen LogP contribution in [0.5, 0.6) is 0 Å². The summed E-state index contributed by atoms with van der Waals surface area (Å²) in [5.74, 6) is 0.223. The molecule has 0 atom stereocenters. The van der Waals surface area contributed by atoms with Crippen molar-refractivity contribution in [1.29, 1.82) is 0 Å². The summed E-state index contributed by atoms with van der Waals surface area (Å²) < 4.78 is 1.14. The molecule has 156 valence electrons. The molecule has 1 aliphatic heterocycles. The van der Waals surface area contributed by atoms with Gasteiger partial charge >= 0.3 is 0 Å². The van der Waals surface area contributed by atoms with Crippen molar-refractivity contribution >= 4 is 44.8 Å². The van der Waals surface area contributed by atoms with Gasteiger partial charge in [0.05, 0.1) is 10.3 Å². The van der Waals surface area contributed by atoms with E-state index in [-0.39, 0.29) is 11.8 Å². The summed E-state index contributed by atoms with van der Waals surface area (Å²) in [5.41, 5.74) is 3.15. The minimum Gasteiger partial charge on any atom is -0.340 e. The average Bonchev–Trinajstić information content (AvgIpc) is 3.11. The van der Waals surface area contributed by atoms with Gasteiger partial charge in [-0.15, -0.1) is 11.3 Å². The van der Waals surface area contributed by atoms with Gasteiger partial charge in [0.15, 0.2) is 0 Å². The van der Waals surface area contributed by atoms with Gasteiger partial charge in [-0.3, -0.25) is 14.5 Å². The Bertz CT molecular complexity index is 859. The molecule has 3 rings (SSSR count). The Morgan fingerprint density at radius 2 is 1.86 bits per heavy atom. The Hall–Kier alpha value is -1.70. The molecule has 29 heavy (non-hydrogen) atoms. The van der Waals surface area contributed by atoms with Gasteiger partial charge in [0.1, 0.15) is 0 Å². The number of carbonyl (C=O) groups is 2. The van der Waals surface area contributed by atoms with Crippen LogP contribution in [0.2, 0.25) is 0 Å². The monoisotopic (exact) mass is 477 g/mol. The summed E-state index contributed by atoms with van der Waals surface area (Å²) in [4.78, 5) is 30.2. The van der Waals surface area contributed by atoms with E-state index in [0.717, 1.165) is 41.0 Å². The number of carbonyl (C=O) groups excluding carboxylic acids is 2. The zero-order chi connectivity index (χ0) is 20.8. The van der Waals surface area contributed by atoms with Gasteiger partial charge in [-0.2, -0.15) is 0 Å². The van der Waals surface area contributed by atoms with Gasteiger partial charge in [-0.25, -0.2) is 0 Å². The summed E-state index contributed by atoms with van der Waals surface area (Å²) in [5, 5.41) is 3.01. The number of amides is 2. The molecule has 2 heterocycles. The van der Waals surface area contributed by atoms with Crippen molar-refractivity contribution in [1.82, 2.24) is 9.80 Å². The SMILES string of the molecule is Cc1cccc(NC(=O)CN2CCN(C(=O)CCCc3ccc(Br)s3)CC2)c1C. The predicted molar refractivity (Wildman–Crippen MR) is 123 cm³/mol. The van der Waals surface area contributed by atoms with Crippen LogP contribution in [-0.2, 0) is 16.0 Å². The van der Waals surface area contributed by atoms with Crippen LogP contribution in [0.4, 0.5) is 5.69 Å². The van der Waals surface area contributed by atoms with E-state index in [1.807, 2.05) is 36.9 Å². The number of benzene rings is 1.